The van der Waals surface area contributed by atoms with Gasteiger partial charge in [0.15, 0.2) is 0 Å². The van der Waals surface area contributed by atoms with Crippen LogP contribution in [-0.4, -0.2) is 26.2 Å². The van der Waals surface area contributed by atoms with E-state index >= 15 is 0 Å². The molecule has 3 nitrogen and oxygen atoms in total. The highest BCUT2D eigenvalue weighted by Crippen LogP contribution is 2.17. The van der Waals surface area contributed by atoms with Gasteiger partial charge >= 0.3 is 0 Å². The number of benzene rings is 2. The third kappa shape index (κ3) is 5.59. The van der Waals surface area contributed by atoms with Gasteiger partial charge in [0.25, 0.3) is 0 Å². The van der Waals surface area contributed by atoms with Crippen molar-refractivity contribution in [2.24, 2.45) is 5.14 Å². The van der Waals surface area contributed by atoms with Crippen molar-refractivity contribution >= 4 is 29.2 Å². The van der Waals surface area contributed by atoms with Crippen molar-refractivity contribution in [1.29, 1.82) is 0 Å². The van der Waals surface area contributed by atoms with Crippen LogP contribution in [-0.2, 0) is 0 Å². The molecule has 0 amide bonds. The monoisotopic (exact) mass is 321 g/mol. The van der Waals surface area contributed by atoms with E-state index in [1.807, 2.05) is 42.5 Å². The minimum Gasteiger partial charge on any atom is -0.369 e. The van der Waals surface area contributed by atoms with Crippen LogP contribution in [0.5, 0.6) is 0 Å². The molecule has 0 radical (unpaired) electrons. The summed E-state index contributed by atoms with van der Waals surface area (Å²) in [5.74, 6) is 0. The molecule has 0 bridgehead atoms. The predicted octanol–water partition coefficient (Wildman–Crippen LogP) is 3.40. The quantitative estimate of drug-likeness (QED) is 0.832. The molecule has 2 aromatic rings. The normalized spacial score (nSPS) is 14.3. The van der Waals surface area contributed by atoms with E-state index < -0.39 is 0 Å². The average Bonchev–Trinajstić information content (AvgIpc) is 2.58. The molecule has 2 aromatic carbocycles. The minimum absolute atomic E-state index is 0.805. The van der Waals surface area contributed by atoms with Crippen molar-refractivity contribution in [2.75, 3.05) is 31.1 Å². The highest BCUT2D eigenvalue weighted by Gasteiger charge is 2.09. The van der Waals surface area contributed by atoms with Crippen LogP contribution in [0.15, 0.2) is 59.5 Å². The highest BCUT2D eigenvalue weighted by molar-refractivity contribution is 7.97. The van der Waals surface area contributed by atoms with E-state index in [2.05, 4.69) is 22.3 Å². The first-order chi connectivity index (χ1) is 10.3. The number of anilines is 1. The van der Waals surface area contributed by atoms with Crippen molar-refractivity contribution in [2.45, 2.75) is 4.90 Å². The fourth-order valence-corrected chi connectivity index (χ4v) is 2.51. The Labute approximate surface area is 135 Å². The van der Waals surface area contributed by atoms with Crippen molar-refractivity contribution in [3.05, 3.63) is 59.6 Å². The molecule has 5 heteroatoms. The van der Waals surface area contributed by atoms with E-state index in [-0.39, 0.29) is 0 Å². The Morgan fingerprint density at radius 1 is 0.952 bits per heavy atom. The number of nitrogens with zero attached hydrogens (tertiary/aromatic N) is 1. The van der Waals surface area contributed by atoms with Gasteiger partial charge in [-0.2, -0.15) is 0 Å². The van der Waals surface area contributed by atoms with E-state index in [0.717, 1.165) is 36.1 Å². The first-order valence-electron chi connectivity index (χ1n) is 6.92. The zero-order chi connectivity index (χ0) is 14.9. The van der Waals surface area contributed by atoms with Gasteiger partial charge in [-0.1, -0.05) is 29.8 Å². The molecule has 21 heavy (non-hydrogen) atoms. The Balaban J connectivity index is 0.000000173. The lowest BCUT2D eigenvalue weighted by atomic mass is 10.2. The van der Waals surface area contributed by atoms with Gasteiger partial charge in [-0.15, -0.1) is 0 Å². The highest BCUT2D eigenvalue weighted by atomic mass is 35.5. The maximum absolute atomic E-state index is 5.82. The van der Waals surface area contributed by atoms with Crippen LogP contribution in [0.1, 0.15) is 0 Å². The Morgan fingerprint density at radius 2 is 1.57 bits per heavy atom. The molecule has 1 saturated heterocycles. The summed E-state index contributed by atoms with van der Waals surface area (Å²) in [6.45, 7) is 4.31. The second-order valence-electron chi connectivity index (χ2n) is 4.64. The molecule has 3 N–H and O–H groups in total. The van der Waals surface area contributed by atoms with Crippen LogP contribution < -0.4 is 15.4 Å². The molecule has 0 spiro atoms. The lowest BCUT2D eigenvalue weighted by Crippen LogP contribution is -2.43. The number of nitrogens with two attached hydrogens (primary N) is 1. The van der Waals surface area contributed by atoms with Crippen molar-refractivity contribution in [3.8, 4) is 0 Å². The molecule has 3 rings (SSSR count). The first-order valence-corrected chi connectivity index (χ1v) is 8.18. The molecule has 0 aromatic heterocycles. The number of piperazine rings is 1. The first kappa shape index (κ1) is 16.2. The average molecular weight is 322 g/mol. The molecular weight excluding hydrogens is 302 g/mol. The summed E-state index contributed by atoms with van der Waals surface area (Å²) >= 11 is 7.09. The van der Waals surface area contributed by atoms with Gasteiger partial charge in [-0.05, 0) is 48.3 Å². The van der Waals surface area contributed by atoms with E-state index in [1.165, 1.54) is 17.6 Å². The predicted molar refractivity (Wildman–Crippen MR) is 93.0 cm³/mol. The Morgan fingerprint density at radius 3 is 2.10 bits per heavy atom. The molecule has 1 aliphatic rings. The second-order valence-corrected chi connectivity index (χ2v) is 5.79. The second kappa shape index (κ2) is 8.95. The van der Waals surface area contributed by atoms with Crippen LogP contribution >= 0.6 is 23.5 Å². The molecule has 1 fully saturated rings. The summed E-state index contributed by atoms with van der Waals surface area (Å²) < 4.78 is 0. The lowest BCUT2D eigenvalue weighted by molar-refractivity contribution is 0.589. The Bertz CT molecular complexity index is 513. The Kier molecular flexibility index (Phi) is 6.89. The van der Waals surface area contributed by atoms with Gasteiger partial charge in [0.1, 0.15) is 0 Å². The van der Waals surface area contributed by atoms with Crippen LogP contribution in [0.2, 0.25) is 5.02 Å². The minimum atomic E-state index is 0.805. The zero-order valence-corrected chi connectivity index (χ0v) is 13.4. The van der Waals surface area contributed by atoms with E-state index in [9.17, 15) is 0 Å². The summed E-state index contributed by atoms with van der Waals surface area (Å²) in [5, 5.41) is 9.40. The SMILES string of the molecule is Clc1ccc(N2CCNCC2)cc1.NSc1ccccc1. The third-order valence-corrected chi connectivity index (χ3v) is 3.98. The fraction of sp³-hybridized carbons (Fsp3) is 0.250. The van der Waals surface area contributed by atoms with Crippen LogP contribution in [0.4, 0.5) is 5.69 Å². The number of rotatable bonds is 2. The fourth-order valence-electron chi connectivity index (χ4n) is 2.07. The Hall–Kier alpha value is -1.20. The van der Waals surface area contributed by atoms with Crippen molar-refractivity contribution in [3.63, 3.8) is 0 Å². The largest absolute Gasteiger partial charge is 0.369 e. The number of hydrogen-bond donors (Lipinski definition) is 2. The summed E-state index contributed by atoms with van der Waals surface area (Å²) in [4.78, 5) is 3.47. The van der Waals surface area contributed by atoms with E-state index in [1.54, 1.807) is 0 Å². The van der Waals surface area contributed by atoms with Crippen LogP contribution in [0, 0.1) is 0 Å². The smallest absolute Gasteiger partial charge is 0.0407 e. The molecule has 1 heterocycles. The summed E-state index contributed by atoms with van der Waals surface area (Å²) in [6, 6.07) is 17.9. The van der Waals surface area contributed by atoms with Gasteiger partial charge in [0.2, 0.25) is 0 Å². The standard InChI is InChI=1S/C10H13ClN2.C6H7NS/c11-9-1-3-10(4-2-9)13-7-5-12-6-8-13;7-8-6-4-2-1-3-5-6/h1-4,12H,5-8H2;1-5H,7H2. The maximum atomic E-state index is 5.82. The van der Waals surface area contributed by atoms with Gasteiger partial charge in [0, 0.05) is 41.8 Å². The number of halogens is 1. The summed E-state index contributed by atoms with van der Waals surface area (Å²) in [7, 11) is 0. The molecular formula is C16H20ClN3S. The lowest BCUT2D eigenvalue weighted by Gasteiger charge is -2.29. The van der Waals surface area contributed by atoms with Gasteiger partial charge in [-0.25, -0.2) is 0 Å². The maximum Gasteiger partial charge on any atom is 0.0407 e. The van der Waals surface area contributed by atoms with Gasteiger partial charge < -0.3 is 10.2 Å². The van der Waals surface area contributed by atoms with Crippen molar-refractivity contribution < 1.29 is 0 Å². The van der Waals surface area contributed by atoms with E-state index in [0.29, 0.717) is 0 Å². The zero-order valence-electron chi connectivity index (χ0n) is 11.8. The number of hydrogen-bond acceptors (Lipinski definition) is 4. The van der Waals surface area contributed by atoms with Crippen molar-refractivity contribution in [1.82, 2.24) is 5.32 Å². The van der Waals surface area contributed by atoms with E-state index in [4.69, 9.17) is 16.7 Å². The van der Waals surface area contributed by atoms with Crippen LogP contribution in [0.3, 0.4) is 0 Å². The topological polar surface area (TPSA) is 41.3 Å². The summed E-state index contributed by atoms with van der Waals surface area (Å²) in [6.07, 6.45) is 0. The number of nitrogens with one attached hydrogen (secondary N) is 1. The molecule has 0 atom stereocenters. The van der Waals surface area contributed by atoms with Gasteiger partial charge in [-0.3, -0.25) is 5.14 Å². The molecule has 112 valence electrons. The van der Waals surface area contributed by atoms with Crippen LogP contribution in [0.25, 0.3) is 0 Å². The summed E-state index contributed by atoms with van der Waals surface area (Å²) in [5.41, 5.74) is 1.27. The molecule has 0 aliphatic carbocycles. The molecule has 0 unspecified atom stereocenters. The molecule has 1 aliphatic heterocycles. The van der Waals surface area contributed by atoms with Gasteiger partial charge in [0.05, 0.1) is 0 Å². The third-order valence-electron chi connectivity index (χ3n) is 3.19. The molecule has 0 saturated carbocycles.